The standard InChI is InChI=1S/C16H24N2/c1-2-5-14-8-10-15(9-7-13(14)4-1)18-12-16-6-3-11-17-16/h1-2,4-5,15-18H,3,6-12H2. The van der Waals surface area contributed by atoms with E-state index >= 15 is 0 Å². The molecule has 1 aromatic carbocycles. The third kappa shape index (κ3) is 2.93. The largest absolute Gasteiger partial charge is 0.313 e. The average Bonchev–Trinajstić information content (AvgIpc) is 2.84. The van der Waals surface area contributed by atoms with Crippen LogP contribution in [0.25, 0.3) is 0 Å². The molecule has 18 heavy (non-hydrogen) atoms. The van der Waals surface area contributed by atoms with Gasteiger partial charge in [-0.1, -0.05) is 24.3 Å². The Morgan fingerprint density at radius 3 is 2.39 bits per heavy atom. The zero-order valence-corrected chi connectivity index (χ0v) is 11.1. The highest BCUT2D eigenvalue weighted by Gasteiger charge is 2.18. The normalized spacial score (nSPS) is 24.8. The Hall–Kier alpha value is -0.860. The molecule has 1 atom stereocenters. The Labute approximate surface area is 110 Å². The molecule has 0 radical (unpaired) electrons. The Balaban J connectivity index is 1.51. The van der Waals surface area contributed by atoms with Crippen LogP contribution < -0.4 is 10.6 Å². The summed E-state index contributed by atoms with van der Waals surface area (Å²) >= 11 is 0. The summed E-state index contributed by atoms with van der Waals surface area (Å²) in [4.78, 5) is 0. The van der Waals surface area contributed by atoms with Gasteiger partial charge in [-0.15, -0.1) is 0 Å². The van der Waals surface area contributed by atoms with Crippen molar-refractivity contribution in [2.75, 3.05) is 13.1 Å². The first-order valence-corrected chi connectivity index (χ1v) is 7.45. The van der Waals surface area contributed by atoms with Crippen LogP contribution in [0.1, 0.15) is 36.8 Å². The van der Waals surface area contributed by atoms with Crippen molar-refractivity contribution in [3.63, 3.8) is 0 Å². The predicted molar refractivity (Wildman–Crippen MR) is 75.9 cm³/mol. The third-order valence-corrected chi connectivity index (χ3v) is 4.46. The van der Waals surface area contributed by atoms with Gasteiger partial charge in [0.2, 0.25) is 0 Å². The Morgan fingerprint density at radius 2 is 1.78 bits per heavy atom. The number of fused-ring (bicyclic) bond motifs is 1. The lowest BCUT2D eigenvalue weighted by molar-refractivity contribution is 0.428. The smallest absolute Gasteiger partial charge is 0.0193 e. The fourth-order valence-electron chi connectivity index (χ4n) is 3.29. The van der Waals surface area contributed by atoms with Crippen LogP contribution in [0.15, 0.2) is 24.3 Å². The van der Waals surface area contributed by atoms with E-state index in [4.69, 9.17) is 0 Å². The fraction of sp³-hybridized carbons (Fsp3) is 0.625. The van der Waals surface area contributed by atoms with Gasteiger partial charge in [-0.2, -0.15) is 0 Å². The highest BCUT2D eigenvalue weighted by atomic mass is 15.0. The van der Waals surface area contributed by atoms with Crippen LogP contribution in [0.5, 0.6) is 0 Å². The maximum Gasteiger partial charge on any atom is 0.0193 e. The van der Waals surface area contributed by atoms with E-state index in [9.17, 15) is 0 Å². The Bertz CT molecular complexity index is 355. The second-order valence-electron chi connectivity index (χ2n) is 5.74. The molecular weight excluding hydrogens is 220 g/mol. The van der Waals surface area contributed by atoms with Crippen LogP contribution in [0.3, 0.4) is 0 Å². The van der Waals surface area contributed by atoms with Crippen LogP contribution in [-0.2, 0) is 12.8 Å². The molecule has 0 aromatic heterocycles. The van der Waals surface area contributed by atoms with Gasteiger partial charge in [-0.05, 0) is 56.2 Å². The van der Waals surface area contributed by atoms with Crippen molar-refractivity contribution in [3.05, 3.63) is 35.4 Å². The molecule has 1 saturated heterocycles. The second-order valence-corrected chi connectivity index (χ2v) is 5.74. The summed E-state index contributed by atoms with van der Waals surface area (Å²) in [5.74, 6) is 0. The van der Waals surface area contributed by atoms with Crippen molar-refractivity contribution < 1.29 is 0 Å². The van der Waals surface area contributed by atoms with Crippen LogP contribution in [0, 0.1) is 0 Å². The predicted octanol–water partition coefficient (Wildman–Crippen LogP) is 2.28. The van der Waals surface area contributed by atoms with Gasteiger partial charge in [0.1, 0.15) is 0 Å². The molecule has 2 aliphatic rings. The zero-order valence-electron chi connectivity index (χ0n) is 11.1. The zero-order chi connectivity index (χ0) is 12.2. The highest BCUT2D eigenvalue weighted by molar-refractivity contribution is 5.28. The molecule has 1 aliphatic heterocycles. The molecule has 1 aromatic rings. The fourth-order valence-corrected chi connectivity index (χ4v) is 3.29. The molecule has 2 nitrogen and oxygen atoms in total. The molecule has 2 N–H and O–H groups in total. The van der Waals surface area contributed by atoms with E-state index in [2.05, 4.69) is 34.9 Å². The first-order chi connectivity index (χ1) is 8.92. The minimum atomic E-state index is 0.708. The summed E-state index contributed by atoms with van der Waals surface area (Å²) in [6.07, 6.45) is 7.77. The van der Waals surface area contributed by atoms with Gasteiger partial charge in [0, 0.05) is 18.6 Å². The van der Waals surface area contributed by atoms with Gasteiger partial charge in [-0.3, -0.25) is 0 Å². The second kappa shape index (κ2) is 5.85. The summed E-state index contributed by atoms with van der Waals surface area (Å²) in [6.45, 7) is 2.36. The van der Waals surface area contributed by atoms with E-state index in [0.29, 0.717) is 6.04 Å². The first kappa shape index (κ1) is 12.2. The van der Waals surface area contributed by atoms with Gasteiger partial charge in [0.15, 0.2) is 0 Å². The quantitative estimate of drug-likeness (QED) is 0.797. The van der Waals surface area contributed by atoms with Crippen LogP contribution in [-0.4, -0.2) is 25.2 Å². The highest BCUT2D eigenvalue weighted by Crippen LogP contribution is 2.20. The molecular formula is C16H24N2. The third-order valence-electron chi connectivity index (χ3n) is 4.46. The minimum Gasteiger partial charge on any atom is -0.313 e. The number of rotatable bonds is 3. The van der Waals surface area contributed by atoms with Crippen molar-refractivity contribution in [2.45, 2.75) is 50.6 Å². The van der Waals surface area contributed by atoms with E-state index in [1.54, 1.807) is 11.1 Å². The summed E-state index contributed by atoms with van der Waals surface area (Å²) < 4.78 is 0. The molecule has 0 amide bonds. The van der Waals surface area contributed by atoms with Gasteiger partial charge in [-0.25, -0.2) is 0 Å². The molecule has 1 aliphatic carbocycles. The summed E-state index contributed by atoms with van der Waals surface area (Å²) in [5.41, 5.74) is 3.14. The number of benzene rings is 1. The lowest BCUT2D eigenvalue weighted by atomic mass is 10.0. The minimum absolute atomic E-state index is 0.708. The lowest BCUT2D eigenvalue weighted by Crippen LogP contribution is -2.39. The van der Waals surface area contributed by atoms with Crippen molar-refractivity contribution in [1.82, 2.24) is 10.6 Å². The van der Waals surface area contributed by atoms with Gasteiger partial charge < -0.3 is 10.6 Å². The summed E-state index contributed by atoms with van der Waals surface area (Å²) in [5, 5.41) is 7.34. The van der Waals surface area contributed by atoms with E-state index in [0.717, 1.165) is 12.6 Å². The number of hydrogen-bond acceptors (Lipinski definition) is 2. The van der Waals surface area contributed by atoms with Crippen molar-refractivity contribution >= 4 is 0 Å². The van der Waals surface area contributed by atoms with E-state index in [-0.39, 0.29) is 0 Å². The Morgan fingerprint density at radius 1 is 1.06 bits per heavy atom. The maximum atomic E-state index is 3.78. The molecule has 98 valence electrons. The van der Waals surface area contributed by atoms with E-state index in [1.165, 1.54) is 45.1 Å². The first-order valence-electron chi connectivity index (χ1n) is 7.45. The molecule has 3 rings (SSSR count). The summed E-state index contributed by atoms with van der Waals surface area (Å²) in [7, 11) is 0. The van der Waals surface area contributed by atoms with Gasteiger partial charge in [0.25, 0.3) is 0 Å². The summed E-state index contributed by atoms with van der Waals surface area (Å²) in [6, 6.07) is 10.4. The maximum absolute atomic E-state index is 3.78. The SMILES string of the molecule is c1ccc2c(c1)CCC(NCC1CCCN1)CC2. The van der Waals surface area contributed by atoms with Crippen LogP contribution in [0.2, 0.25) is 0 Å². The average molecular weight is 244 g/mol. The molecule has 2 heteroatoms. The molecule has 1 unspecified atom stereocenters. The van der Waals surface area contributed by atoms with Crippen molar-refractivity contribution in [1.29, 1.82) is 0 Å². The number of nitrogens with one attached hydrogen (secondary N) is 2. The van der Waals surface area contributed by atoms with Crippen LogP contribution >= 0.6 is 0 Å². The molecule has 0 saturated carbocycles. The molecule has 0 bridgehead atoms. The number of aryl methyl sites for hydroxylation is 2. The van der Waals surface area contributed by atoms with Crippen molar-refractivity contribution in [3.8, 4) is 0 Å². The monoisotopic (exact) mass is 244 g/mol. The lowest BCUT2D eigenvalue weighted by Gasteiger charge is -2.19. The topological polar surface area (TPSA) is 24.1 Å². The number of hydrogen-bond donors (Lipinski definition) is 2. The molecule has 0 spiro atoms. The van der Waals surface area contributed by atoms with Gasteiger partial charge >= 0.3 is 0 Å². The molecule has 1 fully saturated rings. The van der Waals surface area contributed by atoms with E-state index in [1.807, 2.05) is 0 Å². The van der Waals surface area contributed by atoms with Gasteiger partial charge in [0.05, 0.1) is 0 Å². The molecule has 1 heterocycles. The Kier molecular flexibility index (Phi) is 3.96. The van der Waals surface area contributed by atoms with Crippen molar-refractivity contribution in [2.24, 2.45) is 0 Å². The van der Waals surface area contributed by atoms with Crippen LogP contribution in [0.4, 0.5) is 0 Å². The van der Waals surface area contributed by atoms with E-state index < -0.39 is 0 Å².